The molecule has 2 saturated heterocycles. The summed E-state index contributed by atoms with van der Waals surface area (Å²) in [6.07, 6.45) is 1.17. The zero-order chi connectivity index (χ0) is 9.97. The number of hydrogen-bond acceptors (Lipinski definition) is 4. The Balaban J connectivity index is 1.77. The van der Waals surface area contributed by atoms with Crippen LogP contribution >= 0.6 is 0 Å². The Hall–Kier alpha value is -0.650. The molecule has 2 aliphatic heterocycles. The summed E-state index contributed by atoms with van der Waals surface area (Å²) in [6, 6.07) is 0.0626. The van der Waals surface area contributed by atoms with Gasteiger partial charge in [0.1, 0.15) is 0 Å². The van der Waals surface area contributed by atoms with Crippen LogP contribution in [-0.2, 0) is 4.79 Å². The fourth-order valence-corrected chi connectivity index (χ4v) is 2.00. The largest absolute Gasteiger partial charge is 0.392 e. The maximum absolute atomic E-state index is 11.6. The van der Waals surface area contributed by atoms with Gasteiger partial charge in [-0.15, -0.1) is 0 Å². The average Bonchev–Trinajstić information content (AvgIpc) is 2.75. The van der Waals surface area contributed by atoms with E-state index in [0.29, 0.717) is 13.0 Å². The fraction of sp³-hybridized carbons (Fsp3) is 0.889. The minimum atomic E-state index is -0.368. The second-order valence-electron chi connectivity index (χ2n) is 4.05. The maximum Gasteiger partial charge on any atom is 0.237 e. The van der Waals surface area contributed by atoms with Crippen LogP contribution < -0.4 is 16.0 Å². The summed E-state index contributed by atoms with van der Waals surface area (Å²) in [4.78, 5) is 11.6. The zero-order valence-electron chi connectivity index (χ0n) is 8.12. The highest BCUT2D eigenvalue weighted by molar-refractivity contribution is 5.82. The zero-order valence-corrected chi connectivity index (χ0v) is 8.12. The Morgan fingerprint density at radius 1 is 1.43 bits per heavy atom. The number of β-amino-alcohol motifs (C(OH)–C–C–N with tert-alkyl or cyclic N) is 1. The van der Waals surface area contributed by atoms with Gasteiger partial charge in [-0.05, 0) is 19.4 Å². The van der Waals surface area contributed by atoms with E-state index in [0.717, 1.165) is 19.5 Å². The first kappa shape index (κ1) is 9.89. The molecule has 0 aromatic rings. The van der Waals surface area contributed by atoms with Gasteiger partial charge in [0, 0.05) is 19.1 Å². The summed E-state index contributed by atoms with van der Waals surface area (Å²) in [5, 5.41) is 18.4. The quantitative estimate of drug-likeness (QED) is 0.423. The monoisotopic (exact) mass is 199 g/mol. The predicted molar refractivity (Wildman–Crippen MR) is 51.8 cm³/mol. The van der Waals surface area contributed by atoms with Gasteiger partial charge in [-0.2, -0.15) is 0 Å². The molecule has 5 heteroatoms. The summed E-state index contributed by atoms with van der Waals surface area (Å²) in [5.74, 6) is 0.0234. The highest BCUT2D eigenvalue weighted by Crippen LogP contribution is 2.07. The Kier molecular flexibility index (Phi) is 3.00. The Labute approximate surface area is 83.3 Å². The summed E-state index contributed by atoms with van der Waals surface area (Å²) in [6.45, 7) is 2.37. The van der Waals surface area contributed by atoms with E-state index in [1.807, 2.05) is 0 Å². The minimum absolute atomic E-state index is 0.0234. The summed E-state index contributed by atoms with van der Waals surface area (Å²) < 4.78 is 0. The summed E-state index contributed by atoms with van der Waals surface area (Å²) >= 11 is 0. The van der Waals surface area contributed by atoms with Crippen molar-refractivity contribution in [2.24, 2.45) is 0 Å². The van der Waals surface area contributed by atoms with Crippen molar-refractivity contribution in [1.29, 1.82) is 0 Å². The van der Waals surface area contributed by atoms with Crippen molar-refractivity contribution in [1.82, 2.24) is 16.0 Å². The smallest absolute Gasteiger partial charge is 0.237 e. The Morgan fingerprint density at radius 3 is 2.86 bits per heavy atom. The molecule has 2 rings (SSSR count). The number of amides is 1. The van der Waals surface area contributed by atoms with Crippen LogP contribution in [0.5, 0.6) is 0 Å². The van der Waals surface area contributed by atoms with Crippen molar-refractivity contribution in [2.75, 3.05) is 19.6 Å². The van der Waals surface area contributed by atoms with E-state index in [1.165, 1.54) is 0 Å². The van der Waals surface area contributed by atoms with Gasteiger partial charge < -0.3 is 21.1 Å². The molecular weight excluding hydrogens is 182 g/mol. The molecule has 1 unspecified atom stereocenters. The first-order valence-electron chi connectivity index (χ1n) is 5.18. The van der Waals surface area contributed by atoms with Crippen molar-refractivity contribution in [3.63, 3.8) is 0 Å². The molecule has 4 N–H and O–H groups in total. The second-order valence-corrected chi connectivity index (χ2v) is 4.05. The van der Waals surface area contributed by atoms with Crippen LogP contribution in [0.4, 0.5) is 0 Å². The van der Waals surface area contributed by atoms with Gasteiger partial charge in [-0.25, -0.2) is 0 Å². The van der Waals surface area contributed by atoms with E-state index >= 15 is 0 Å². The molecule has 2 heterocycles. The van der Waals surface area contributed by atoms with Gasteiger partial charge in [-0.3, -0.25) is 4.79 Å². The third kappa shape index (κ3) is 2.23. The molecule has 3 atom stereocenters. The lowest BCUT2D eigenvalue weighted by Gasteiger charge is -2.15. The molecule has 0 aromatic carbocycles. The molecule has 0 saturated carbocycles. The summed E-state index contributed by atoms with van der Waals surface area (Å²) in [7, 11) is 0. The van der Waals surface area contributed by atoms with E-state index in [4.69, 9.17) is 0 Å². The molecule has 0 radical (unpaired) electrons. The van der Waals surface area contributed by atoms with Gasteiger partial charge in [-0.1, -0.05) is 0 Å². The van der Waals surface area contributed by atoms with Gasteiger partial charge in [0.15, 0.2) is 0 Å². The molecule has 80 valence electrons. The number of nitrogens with one attached hydrogen (secondary N) is 3. The topological polar surface area (TPSA) is 73.4 Å². The van der Waals surface area contributed by atoms with Crippen molar-refractivity contribution in [3.05, 3.63) is 0 Å². The standard InChI is InChI=1S/C9H17N3O2/c13-7-3-8(11-5-7)9(14)12-6-1-2-10-4-6/h6-8,10-11,13H,1-5H2,(H,12,14)/t6?,7-,8-/m1/s1. The van der Waals surface area contributed by atoms with Crippen molar-refractivity contribution in [3.8, 4) is 0 Å². The van der Waals surface area contributed by atoms with Crippen LogP contribution in [0.1, 0.15) is 12.8 Å². The molecule has 0 aromatic heterocycles. The van der Waals surface area contributed by atoms with E-state index in [9.17, 15) is 9.90 Å². The van der Waals surface area contributed by atoms with E-state index < -0.39 is 0 Å². The number of aliphatic hydroxyl groups excluding tert-OH is 1. The molecule has 0 spiro atoms. The van der Waals surface area contributed by atoms with Crippen LogP contribution in [0.3, 0.4) is 0 Å². The van der Waals surface area contributed by atoms with E-state index in [-0.39, 0.29) is 24.1 Å². The summed E-state index contributed by atoms with van der Waals surface area (Å²) in [5.41, 5.74) is 0. The first-order valence-corrected chi connectivity index (χ1v) is 5.18. The predicted octanol–water partition coefficient (Wildman–Crippen LogP) is -1.81. The minimum Gasteiger partial charge on any atom is -0.392 e. The molecule has 1 amide bonds. The maximum atomic E-state index is 11.6. The fourth-order valence-electron chi connectivity index (χ4n) is 2.00. The molecule has 0 aliphatic carbocycles. The third-order valence-electron chi connectivity index (χ3n) is 2.83. The number of rotatable bonds is 2. The normalized spacial score (nSPS) is 37.4. The number of aliphatic hydroxyl groups is 1. The molecular formula is C9H17N3O2. The molecule has 2 fully saturated rings. The van der Waals surface area contributed by atoms with Crippen LogP contribution in [0.2, 0.25) is 0 Å². The lowest BCUT2D eigenvalue weighted by atomic mass is 10.1. The van der Waals surface area contributed by atoms with Crippen LogP contribution in [-0.4, -0.2) is 48.8 Å². The number of carbonyl (C=O) groups is 1. The Morgan fingerprint density at radius 2 is 2.29 bits per heavy atom. The van der Waals surface area contributed by atoms with Gasteiger partial charge >= 0.3 is 0 Å². The lowest BCUT2D eigenvalue weighted by molar-refractivity contribution is -0.123. The highest BCUT2D eigenvalue weighted by Gasteiger charge is 2.29. The van der Waals surface area contributed by atoms with Crippen LogP contribution in [0, 0.1) is 0 Å². The second kappa shape index (κ2) is 4.25. The van der Waals surface area contributed by atoms with Crippen molar-refractivity contribution in [2.45, 2.75) is 31.0 Å². The van der Waals surface area contributed by atoms with Crippen LogP contribution in [0.15, 0.2) is 0 Å². The van der Waals surface area contributed by atoms with Gasteiger partial charge in [0.05, 0.1) is 12.1 Å². The number of hydrogen-bond donors (Lipinski definition) is 4. The SMILES string of the molecule is O=C(NC1CCNC1)[C@H]1C[C@@H](O)CN1. The van der Waals surface area contributed by atoms with Gasteiger partial charge in [0.2, 0.25) is 5.91 Å². The van der Waals surface area contributed by atoms with E-state index in [2.05, 4.69) is 16.0 Å². The molecule has 2 aliphatic rings. The number of carbonyl (C=O) groups excluding carboxylic acids is 1. The van der Waals surface area contributed by atoms with Crippen LogP contribution in [0.25, 0.3) is 0 Å². The third-order valence-corrected chi connectivity index (χ3v) is 2.83. The lowest BCUT2D eigenvalue weighted by Crippen LogP contribution is -2.45. The van der Waals surface area contributed by atoms with Crippen molar-refractivity contribution >= 4 is 5.91 Å². The average molecular weight is 199 g/mol. The molecule has 0 bridgehead atoms. The van der Waals surface area contributed by atoms with E-state index in [1.54, 1.807) is 0 Å². The van der Waals surface area contributed by atoms with Gasteiger partial charge in [0.25, 0.3) is 0 Å². The highest BCUT2D eigenvalue weighted by atomic mass is 16.3. The molecule has 14 heavy (non-hydrogen) atoms. The Bertz CT molecular complexity index is 216. The first-order chi connectivity index (χ1) is 6.75. The molecule has 5 nitrogen and oxygen atoms in total. The van der Waals surface area contributed by atoms with Crippen molar-refractivity contribution < 1.29 is 9.90 Å².